The van der Waals surface area contributed by atoms with Gasteiger partial charge in [0.1, 0.15) is 5.37 Å². The fourth-order valence-corrected chi connectivity index (χ4v) is 4.63. The van der Waals surface area contributed by atoms with Gasteiger partial charge < -0.3 is 10.2 Å². The number of benzene rings is 3. The number of rotatable bonds is 5. The van der Waals surface area contributed by atoms with E-state index in [1.807, 2.05) is 47.4 Å². The summed E-state index contributed by atoms with van der Waals surface area (Å²) in [6.07, 6.45) is 0. The van der Waals surface area contributed by atoms with Crippen molar-refractivity contribution in [3.63, 3.8) is 0 Å². The zero-order valence-electron chi connectivity index (χ0n) is 15.5. The number of halogens is 1. The van der Waals surface area contributed by atoms with Gasteiger partial charge in [-0.1, -0.05) is 60.1 Å². The van der Waals surface area contributed by atoms with E-state index in [4.69, 9.17) is 11.6 Å². The monoisotopic (exact) mass is 422 g/mol. The predicted molar refractivity (Wildman–Crippen MR) is 118 cm³/mol. The van der Waals surface area contributed by atoms with Gasteiger partial charge in [-0.3, -0.25) is 9.59 Å². The van der Waals surface area contributed by atoms with E-state index in [-0.39, 0.29) is 17.2 Å². The molecule has 0 unspecified atom stereocenters. The van der Waals surface area contributed by atoms with E-state index < -0.39 is 0 Å². The predicted octanol–water partition coefficient (Wildman–Crippen LogP) is 5.37. The van der Waals surface area contributed by atoms with Gasteiger partial charge in [0.05, 0.1) is 5.75 Å². The van der Waals surface area contributed by atoms with E-state index in [1.165, 1.54) is 0 Å². The minimum atomic E-state index is -0.199. The first kappa shape index (κ1) is 19.6. The molecule has 2 amide bonds. The summed E-state index contributed by atoms with van der Waals surface area (Å²) in [5, 5.41) is 3.36. The summed E-state index contributed by atoms with van der Waals surface area (Å²) in [6, 6.07) is 24.4. The van der Waals surface area contributed by atoms with Gasteiger partial charge in [0.15, 0.2) is 0 Å². The molecule has 1 heterocycles. The summed E-state index contributed by atoms with van der Waals surface area (Å²) in [4.78, 5) is 26.8. The van der Waals surface area contributed by atoms with Crippen LogP contribution in [0.15, 0.2) is 78.9 Å². The molecule has 4 nitrogen and oxygen atoms in total. The summed E-state index contributed by atoms with van der Waals surface area (Å²) >= 11 is 7.58. The van der Waals surface area contributed by atoms with E-state index in [2.05, 4.69) is 5.32 Å². The van der Waals surface area contributed by atoms with Crippen molar-refractivity contribution in [2.75, 3.05) is 11.1 Å². The molecule has 146 valence electrons. The Balaban J connectivity index is 1.47. The molecule has 1 aliphatic heterocycles. The molecule has 0 radical (unpaired) electrons. The van der Waals surface area contributed by atoms with Crippen molar-refractivity contribution in [3.05, 3.63) is 101 Å². The molecule has 1 N–H and O–H groups in total. The largest absolute Gasteiger partial charge is 0.322 e. The number of thioether (sulfide) groups is 1. The maximum Gasteiger partial charge on any atom is 0.255 e. The number of hydrogen-bond donors (Lipinski definition) is 1. The third kappa shape index (κ3) is 4.63. The van der Waals surface area contributed by atoms with Crippen LogP contribution in [0.4, 0.5) is 5.69 Å². The number of nitrogens with zero attached hydrogens (tertiary/aromatic N) is 1. The van der Waals surface area contributed by atoms with Crippen LogP contribution >= 0.6 is 23.4 Å². The Morgan fingerprint density at radius 1 is 1.03 bits per heavy atom. The molecule has 0 aromatic heterocycles. The lowest BCUT2D eigenvalue weighted by Crippen LogP contribution is -2.27. The SMILES string of the molecule is O=C(Nc1cccc(Cl)c1)c1ccc([C@H]2SCC(=O)N2Cc2ccccc2)cc1. The molecule has 3 aromatic carbocycles. The van der Waals surface area contributed by atoms with Gasteiger partial charge >= 0.3 is 0 Å². The second-order valence-electron chi connectivity index (χ2n) is 6.76. The molecule has 29 heavy (non-hydrogen) atoms. The van der Waals surface area contributed by atoms with Crippen LogP contribution in [0.1, 0.15) is 26.9 Å². The second kappa shape index (κ2) is 8.72. The molecule has 0 saturated carbocycles. The van der Waals surface area contributed by atoms with Crippen LogP contribution in [-0.4, -0.2) is 22.5 Å². The van der Waals surface area contributed by atoms with Crippen LogP contribution in [0.3, 0.4) is 0 Å². The standard InChI is InChI=1S/C23H19ClN2O2S/c24-19-7-4-8-20(13-19)25-22(28)17-9-11-18(12-10-17)23-26(21(27)15-29-23)14-16-5-2-1-3-6-16/h1-13,23H,14-15H2,(H,25,28)/t23-/m1/s1. The topological polar surface area (TPSA) is 49.4 Å². The lowest BCUT2D eigenvalue weighted by molar-refractivity contribution is -0.128. The van der Waals surface area contributed by atoms with Crippen LogP contribution in [0, 0.1) is 0 Å². The number of carbonyl (C=O) groups excluding carboxylic acids is 2. The first-order valence-corrected chi connectivity index (χ1v) is 10.6. The average molecular weight is 423 g/mol. The van der Waals surface area contributed by atoms with Gasteiger partial charge in [-0.25, -0.2) is 0 Å². The highest BCUT2D eigenvalue weighted by molar-refractivity contribution is 8.00. The molecule has 0 aliphatic carbocycles. The smallest absolute Gasteiger partial charge is 0.255 e. The number of amides is 2. The highest BCUT2D eigenvalue weighted by Gasteiger charge is 2.32. The van der Waals surface area contributed by atoms with Gasteiger partial charge in [0, 0.05) is 22.8 Å². The Bertz CT molecular complexity index is 1020. The first-order chi connectivity index (χ1) is 14.1. The average Bonchev–Trinajstić information content (AvgIpc) is 3.09. The van der Waals surface area contributed by atoms with Crippen molar-refractivity contribution in [2.45, 2.75) is 11.9 Å². The van der Waals surface area contributed by atoms with Crippen molar-refractivity contribution < 1.29 is 9.59 Å². The van der Waals surface area contributed by atoms with Gasteiger partial charge in [0.2, 0.25) is 5.91 Å². The van der Waals surface area contributed by atoms with Crippen LogP contribution in [0.25, 0.3) is 0 Å². The van der Waals surface area contributed by atoms with Crippen molar-refractivity contribution in [3.8, 4) is 0 Å². The lowest BCUT2D eigenvalue weighted by Gasteiger charge is -2.24. The molecule has 3 aromatic rings. The lowest BCUT2D eigenvalue weighted by atomic mass is 10.1. The normalized spacial score (nSPS) is 16.1. The maximum absolute atomic E-state index is 12.5. The minimum Gasteiger partial charge on any atom is -0.322 e. The molecule has 6 heteroatoms. The summed E-state index contributed by atoms with van der Waals surface area (Å²) in [6.45, 7) is 0.578. The van der Waals surface area contributed by atoms with Crippen LogP contribution < -0.4 is 5.32 Å². The number of nitrogens with one attached hydrogen (secondary N) is 1. The summed E-state index contributed by atoms with van der Waals surface area (Å²) in [5.41, 5.74) is 3.32. The molecule has 0 bridgehead atoms. The molecule has 0 spiro atoms. The van der Waals surface area contributed by atoms with Gasteiger partial charge in [0.25, 0.3) is 5.91 Å². The zero-order valence-corrected chi connectivity index (χ0v) is 17.1. The summed E-state index contributed by atoms with van der Waals surface area (Å²) in [7, 11) is 0. The van der Waals surface area contributed by atoms with Crippen molar-refractivity contribution in [1.29, 1.82) is 0 Å². The zero-order chi connectivity index (χ0) is 20.2. The second-order valence-corrected chi connectivity index (χ2v) is 8.26. The summed E-state index contributed by atoms with van der Waals surface area (Å²) in [5.74, 6) is 0.399. The van der Waals surface area contributed by atoms with Gasteiger partial charge in [-0.2, -0.15) is 0 Å². The molecule has 1 aliphatic rings. The van der Waals surface area contributed by atoms with Crippen molar-refractivity contribution in [1.82, 2.24) is 4.90 Å². The molecular formula is C23H19ClN2O2S. The van der Waals surface area contributed by atoms with E-state index in [1.54, 1.807) is 48.2 Å². The van der Waals surface area contributed by atoms with E-state index in [9.17, 15) is 9.59 Å². The fourth-order valence-electron chi connectivity index (χ4n) is 3.25. The van der Waals surface area contributed by atoms with E-state index >= 15 is 0 Å². The molecule has 4 rings (SSSR count). The Morgan fingerprint density at radius 2 is 1.79 bits per heavy atom. The van der Waals surface area contributed by atoms with Crippen LogP contribution in [0.5, 0.6) is 0 Å². The minimum absolute atomic E-state index is 0.0484. The summed E-state index contributed by atoms with van der Waals surface area (Å²) < 4.78 is 0. The van der Waals surface area contributed by atoms with Crippen molar-refractivity contribution in [2.24, 2.45) is 0 Å². The van der Waals surface area contributed by atoms with Crippen LogP contribution in [0.2, 0.25) is 5.02 Å². The number of hydrogen-bond acceptors (Lipinski definition) is 3. The van der Waals surface area contributed by atoms with Crippen molar-refractivity contribution >= 4 is 40.9 Å². The fraction of sp³-hybridized carbons (Fsp3) is 0.130. The van der Waals surface area contributed by atoms with Gasteiger partial charge in [-0.15, -0.1) is 11.8 Å². The maximum atomic E-state index is 12.5. The Morgan fingerprint density at radius 3 is 2.52 bits per heavy atom. The Kier molecular flexibility index (Phi) is 5.88. The van der Waals surface area contributed by atoms with E-state index in [0.717, 1.165) is 11.1 Å². The Labute approximate surface area is 178 Å². The number of anilines is 1. The molecule has 1 saturated heterocycles. The third-order valence-electron chi connectivity index (χ3n) is 4.70. The highest BCUT2D eigenvalue weighted by atomic mass is 35.5. The quantitative estimate of drug-likeness (QED) is 0.601. The molecule has 1 atom stereocenters. The molecule has 1 fully saturated rings. The highest BCUT2D eigenvalue weighted by Crippen LogP contribution is 2.39. The number of carbonyl (C=O) groups is 2. The van der Waals surface area contributed by atoms with E-state index in [0.29, 0.717) is 28.6 Å². The van der Waals surface area contributed by atoms with Gasteiger partial charge in [-0.05, 0) is 41.5 Å². The van der Waals surface area contributed by atoms with Crippen LogP contribution in [-0.2, 0) is 11.3 Å². The molecular weight excluding hydrogens is 404 g/mol. The Hall–Kier alpha value is -2.76. The first-order valence-electron chi connectivity index (χ1n) is 9.22. The third-order valence-corrected chi connectivity index (χ3v) is 6.20.